The summed E-state index contributed by atoms with van der Waals surface area (Å²) >= 11 is 1.55. The average Bonchev–Trinajstić information content (AvgIpc) is 3.20. The topological polar surface area (TPSA) is 107 Å². The predicted octanol–water partition coefficient (Wildman–Crippen LogP) is 2.41. The van der Waals surface area contributed by atoms with Crippen LogP contribution in [-0.2, 0) is 22.6 Å². The van der Waals surface area contributed by atoms with Crippen molar-refractivity contribution in [2.24, 2.45) is 0 Å². The molecule has 8 nitrogen and oxygen atoms in total. The number of hydrogen-bond donors (Lipinski definition) is 3. The summed E-state index contributed by atoms with van der Waals surface area (Å²) in [5, 5.41) is 16.9. The van der Waals surface area contributed by atoms with Crippen LogP contribution in [0.15, 0.2) is 48.8 Å². The molecule has 2 aromatic heterocycles. The summed E-state index contributed by atoms with van der Waals surface area (Å²) in [5.74, 6) is 0.225. The molecule has 0 bridgehead atoms. The van der Waals surface area contributed by atoms with Crippen LogP contribution in [0, 0.1) is 0 Å². The highest BCUT2D eigenvalue weighted by Crippen LogP contribution is 2.38. The monoisotopic (exact) mass is 451 g/mol. The molecule has 0 radical (unpaired) electrons. The fourth-order valence-electron chi connectivity index (χ4n) is 3.80. The van der Waals surface area contributed by atoms with E-state index in [1.807, 2.05) is 37.3 Å². The van der Waals surface area contributed by atoms with Gasteiger partial charge in [-0.05, 0) is 24.5 Å². The fourth-order valence-corrected chi connectivity index (χ4v) is 5.00. The summed E-state index contributed by atoms with van der Waals surface area (Å²) in [4.78, 5) is 36.7. The van der Waals surface area contributed by atoms with Crippen LogP contribution in [0.5, 0.6) is 0 Å². The van der Waals surface area contributed by atoms with Gasteiger partial charge in [0, 0.05) is 30.1 Å². The number of benzene rings is 1. The smallest absolute Gasteiger partial charge is 0.247 e. The number of aromatic nitrogens is 2. The number of nitrogens with one attached hydrogen (secondary N) is 2. The fraction of sp³-hybridized carbons (Fsp3) is 0.304. The van der Waals surface area contributed by atoms with Crippen LogP contribution in [0.4, 0.5) is 5.82 Å². The molecule has 1 aliphatic heterocycles. The molecule has 0 spiro atoms. The average molecular weight is 452 g/mol. The van der Waals surface area contributed by atoms with Crippen molar-refractivity contribution in [3.8, 4) is 0 Å². The highest BCUT2D eigenvalue weighted by molar-refractivity contribution is 7.19. The van der Waals surface area contributed by atoms with Crippen LogP contribution in [0.1, 0.15) is 29.0 Å². The number of carbonyl (C=O) groups excluding carboxylic acids is 2. The maximum absolute atomic E-state index is 12.5. The van der Waals surface area contributed by atoms with E-state index in [9.17, 15) is 14.7 Å². The summed E-state index contributed by atoms with van der Waals surface area (Å²) in [6, 6.07) is 9.46. The van der Waals surface area contributed by atoms with Gasteiger partial charge < -0.3 is 20.6 Å². The number of aliphatic hydroxyl groups is 1. The number of hydrogen-bond acceptors (Lipinski definition) is 7. The van der Waals surface area contributed by atoms with Crippen molar-refractivity contribution >= 4 is 39.2 Å². The molecule has 3 heterocycles. The van der Waals surface area contributed by atoms with Gasteiger partial charge in [0.2, 0.25) is 11.8 Å². The Kier molecular flexibility index (Phi) is 6.77. The molecular formula is C23H25N5O3S. The summed E-state index contributed by atoms with van der Waals surface area (Å²) in [6.07, 6.45) is 4.79. The minimum absolute atomic E-state index is 0.0674. The zero-order valence-electron chi connectivity index (χ0n) is 17.7. The van der Waals surface area contributed by atoms with E-state index in [1.54, 1.807) is 16.2 Å². The number of rotatable bonds is 7. The molecule has 9 heteroatoms. The quantitative estimate of drug-likeness (QED) is 0.476. The first-order valence-electron chi connectivity index (χ1n) is 10.5. The SMILES string of the molecule is CCNC(=O)C=CC(=O)N1CCc2c(sc3ncnc(N[C@H](CO)c4ccccc4)c23)C1. The third-order valence-corrected chi connectivity index (χ3v) is 6.50. The second kappa shape index (κ2) is 9.88. The lowest BCUT2D eigenvalue weighted by Gasteiger charge is -2.26. The first-order valence-corrected chi connectivity index (χ1v) is 11.3. The number of nitrogens with zero attached hydrogens (tertiary/aromatic N) is 3. The van der Waals surface area contributed by atoms with Gasteiger partial charge in [0.05, 0.1) is 24.6 Å². The third-order valence-electron chi connectivity index (χ3n) is 5.37. The Bertz CT molecular complexity index is 1150. The Morgan fingerprint density at radius 1 is 1.25 bits per heavy atom. The minimum atomic E-state index is -0.286. The second-order valence-corrected chi connectivity index (χ2v) is 8.52. The molecule has 2 amide bonds. The van der Waals surface area contributed by atoms with Gasteiger partial charge in [0.1, 0.15) is 17.0 Å². The lowest BCUT2D eigenvalue weighted by Crippen LogP contribution is -2.34. The summed E-state index contributed by atoms with van der Waals surface area (Å²) in [7, 11) is 0. The van der Waals surface area contributed by atoms with Crippen LogP contribution in [0.25, 0.3) is 10.2 Å². The van der Waals surface area contributed by atoms with Crippen LogP contribution in [-0.4, -0.2) is 51.5 Å². The molecule has 0 fully saturated rings. The minimum Gasteiger partial charge on any atom is -0.394 e. The van der Waals surface area contributed by atoms with Crippen molar-refractivity contribution in [1.82, 2.24) is 20.2 Å². The Hall–Kier alpha value is -3.30. The number of thiophene rings is 1. The lowest BCUT2D eigenvalue weighted by atomic mass is 10.0. The molecule has 32 heavy (non-hydrogen) atoms. The maximum atomic E-state index is 12.5. The molecule has 166 valence electrons. The number of anilines is 1. The lowest BCUT2D eigenvalue weighted by molar-refractivity contribution is -0.127. The van der Waals surface area contributed by atoms with Crippen molar-refractivity contribution in [3.63, 3.8) is 0 Å². The number of likely N-dealkylation sites (N-methyl/N-ethyl adjacent to an activating group) is 1. The highest BCUT2D eigenvalue weighted by atomic mass is 32.1. The summed E-state index contributed by atoms with van der Waals surface area (Å²) in [6.45, 7) is 3.30. The Labute approximate surface area is 190 Å². The number of aliphatic hydroxyl groups excluding tert-OH is 1. The number of amides is 2. The maximum Gasteiger partial charge on any atom is 0.247 e. The molecule has 0 saturated carbocycles. The van der Waals surface area contributed by atoms with Gasteiger partial charge in [-0.1, -0.05) is 30.3 Å². The molecule has 3 N–H and O–H groups in total. The standard InChI is InChI=1S/C23H25N5O3S/c1-2-24-19(30)8-9-20(31)28-11-10-16-18(12-28)32-23-21(16)22(25-14-26-23)27-17(13-29)15-6-4-3-5-7-15/h3-9,14,17,29H,2,10-13H2,1H3,(H,24,30)(H,25,26,27)/t17-/m1/s1. The molecule has 0 unspecified atom stereocenters. The van der Waals surface area contributed by atoms with Gasteiger partial charge in [-0.2, -0.15) is 0 Å². The van der Waals surface area contributed by atoms with Crippen molar-refractivity contribution in [1.29, 1.82) is 0 Å². The molecule has 3 aromatic rings. The molecular weight excluding hydrogens is 426 g/mol. The van der Waals surface area contributed by atoms with Gasteiger partial charge in [0.25, 0.3) is 0 Å². The molecule has 0 saturated heterocycles. The third kappa shape index (κ3) is 4.63. The van der Waals surface area contributed by atoms with Crippen LogP contribution < -0.4 is 10.6 Å². The molecule has 4 rings (SSSR count). The van der Waals surface area contributed by atoms with E-state index < -0.39 is 0 Å². The number of carbonyl (C=O) groups is 2. The Morgan fingerprint density at radius 3 is 2.81 bits per heavy atom. The Balaban J connectivity index is 1.57. The van der Waals surface area contributed by atoms with E-state index in [0.717, 1.165) is 26.2 Å². The van der Waals surface area contributed by atoms with Crippen molar-refractivity contribution in [2.75, 3.05) is 25.0 Å². The molecule has 1 aliphatic rings. The van der Waals surface area contributed by atoms with Gasteiger partial charge >= 0.3 is 0 Å². The normalized spacial score (nSPS) is 14.4. The van der Waals surface area contributed by atoms with E-state index in [2.05, 4.69) is 20.6 Å². The second-order valence-electron chi connectivity index (χ2n) is 7.43. The van der Waals surface area contributed by atoms with Crippen LogP contribution in [0.2, 0.25) is 0 Å². The first kappa shape index (κ1) is 21.9. The Morgan fingerprint density at radius 2 is 2.06 bits per heavy atom. The van der Waals surface area contributed by atoms with Crippen LogP contribution >= 0.6 is 11.3 Å². The van der Waals surface area contributed by atoms with Gasteiger partial charge in [-0.25, -0.2) is 9.97 Å². The number of fused-ring (bicyclic) bond motifs is 3. The molecule has 1 aromatic carbocycles. The largest absolute Gasteiger partial charge is 0.394 e. The molecule has 0 aliphatic carbocycles. The summed E-state index contributed by atoms with van der Waals surface area (Å²) < 4.78 is 0. The van der Waals surface area contributed by atoms with Gasteiger partial charge in [-0.15, -0.1) is 11.3 Å². The van der Waals surface area contributed by atoms with E-state index in [4.69, 9.17) is 0 Å². The van der Waals surface area contributed by atoms with E-state index in [-0.39, 0.29) is 24.5 Å². The first-order chi connectivity index (χ1) is 15.6. The zero-order chi connectivity index (χ0) is 22.5. The predicted molar refractivity (Wildman–Crippen MR) is 124 cm³/mol. The van der Waals surface area contributed by atoms with Crippen molar-refractivity contribution in [2.45, 2.75) is 25.9 Å². The van der Waals surface area contributed by atoms with E-state index >= 15 is 0 Å². The van der Waals surface area contributed by atoms with E-state index in [0.29, 0.717) is 31.9 Å². The van der Waals surface area contributed by atoms with Gasteiger partial charge in [-0.3, -0.25) is 9.59 Å². The van der Waals surface area contributed by atoms with Crippen LogP contribution in [0.3, 0.4) is 0 Å². The zero-order valence-corrected chi connectivity index (χ0v) is 18.6. The highest BCUT2D eigenvalue weighted by Gasteiger charge is 2.26. The van der Waals surface area contributed by atoms with E-state index in [1.165, 1.54) is 18.5 Å². The van der Waals surface area contributed by atoms with Crippen molar-refractivity contribution < 1.29 is 14.7 Å². The molecule has 1 atom stereocenters. The summed E-state index contributed by atoms with van der Waals surface area (Å²) in [5.41, 5.74) is 2.11. The van der Waals surface area contributed by atoms with Gasteiger partial charge in [0.15, 0.2) is 0 Å². The van der Waals surface area contributed by atoms with Crippen molar-refractivity contribution in [3.05, 3.63) is 64.8 Å².